The second-order valence-electron chi connectivity index (χ2n) is 4.07. The van der Waals surface area contributed by atoms with E-state index >= 15 is 0 Å². The fourth-order valence-corrected chi connectivity index (χ4v) is 1.88. The largest absolute Gasteiger partial charge is 0.392 e. The number of piperidine rings is 1. The predicted octanol–water partition coefficient (Wildman–Crippen LogP) is 1.49. The van der Waals surface area contributed by atoms with Gasteiger partial charge in [-0.2, -0.15) is 0 Å². The van der Waals surface area contributed by atoms with Gasteiger partial charge in [0, 0.05) is 13.1 Å². The van der Waals surface area contributed by atoms with Gasteiger partial charge in [0.2, 0.25) is 0 Å². The summed E-state index contributed by atoms with van der Waals surface area (Å²) in [5.74, 6) is 0.822. The zero-order valence-electron chi connectivity index (χ0n) is 8.29. The highest BCUT2D eigenvalue weighted by Gasteiger charge is 2.17. The molecule has 1 aliphatic rings. The summed E-state index contributed by atoms with van der Waals surface area (Å²) in [6.07, 6.45) is 3.43. The maximum atomic E-state index is 9.45. The Morgan fingerprint density at radius 3 is 2.92 bits per heavy atom. The molecule has 1 unspecified atom stereocenters. The SMILES string of the molecule is CC[C@H](O)CN1CCCC(C)C1. The topological polar surface area (TPSA) is 23.5 Å². The molecule has 1 aliphatic heterocycles. The van der Waals surface area contributed by atoms with E-state index < -0.39 is 0 Å². The fourth-order valence-electron chi connectivity index (χ4n) is 1.88. The minimum Gasteiger partial charge on any atom is -0.392 e. The number of aliphatic hydroxyl groups is 1. The normalized spacial score (nSPS) is 28.8. The van der Waals surface area contributed by atoms with E-state index in [4.69, 9.17) is 0 Å². The Morgan fingerprint density at radius 2 is 2.33 bits per heavy atom. The molecule has 0 bridgehead atoms. The summed E-state index contributed by atoms with van der Waals surface area (Å²) in [4.78, 5) is 2.39. The average Bonchev–Trinajstić information content (AvgIpc) is 2.04. The van der Waals surface area contributed by atoms with Gasteiger partial charge in [0.05, 0.1) is 6.10 Å². The highest BCUT2D eigenvalue weighted by molar-refractivity contribution is 4.71. The van der Waals surface area contributed by atoms with E-state index in [1.54, 1.807) is 0 Å². The Hall–Kier alpha value is -0.0800. The molecule has 0 amide bonds. The standard InChI is InChI=1S/C10H21NO/c1-3-10(12)8-11-6-4-5-9(2)7-11/h9-10,12H,3-8H2,1-2H3/t9?,10-/m0/s1. The average molecular weight is 171 g/mol. The lowest BCUT2D eigenvalue weighted by atomic mass is 10.00. The molecule has 1 rings (SSSR count). The van der Waals surface area contributed by atoms with Crippen molar-refractivity contribution in [2.45, 2.75) is 39.2 Å². The van der Waals surface area contributed by atoms with E-state index in [1.165, 1.54) is 25.9 Å². The fraction of sp³-hybridized carbons (Fsp3) is 1.00. The van der Waals surface area contributed by atoms with Gasteiger partial charge in [-0.25, -0.2) is 0 Å². The number of β-amino-alcohol motifs (C(OH)–C–C–N with tert-alkyl or cyclic N) is 1. The number of hydrogen-bond acceptors (Lipinski definition) is 2. The van der Waals surface area contributed by atoms with Crippen LogP contribution in [-0.2, 0) is 0 Å². The van der Waals surface area contributed by atoms with Crippen LogP contribution in [-0.4, -0.2) is 35.7 Å². The predicted molar refractivity (Wildman–Crippen MR) is 51.1 cm³/mol. The van der Waals surface area contributed by atoms with Crippen LogP contribution in [0.2, 0.25) is 0 Å². The first kappa shape index (κ1) is 10.0. The quantitative estimate of drug-likeness (QED) is 0.695. The van der Waals surface area contributed by atoms with E-state index in [2.05, 4.69) is 11.8 Å². The third-order valence-corrected chi connectivity index (χ3v) is 2.68. The Balaban J connectivity index is 2.22. The summed E-state index contributed by atoms with van der Waals surface area (Å²) in [5, 5.41) is 9.45. The van der Waals surface area contributed by atoms with Crippen molar-refractivity contribution in [2.75, 3.05) is 19.6 Å². The molecule has 0 aromatic carbocycles. The number of aliphatic hydroxyl groups excluding tert-OH is 1. The molecule has 2 heteroatoms. The second kappa shape index (κ2) is 4.83. The van der Waals surface area contributed by atoms with Crippen molar-refractivity contribution in [1.29, 1.82) is 0 Å². The maximum absolute atomic E-state index is 9.45. The van der Waals surface area contributed by atoms with Crippen LogP contribution in [0.5, 0.6) is 0 Å². The molecular formula is C10H21NO. The van der Waals surface area contributed by atoms with Crippen molar-refractivity contribution < 1.29 is 5.11 Å². The minimum atomic E-state index is -0.115. The van der Waals surface area contributed by atoms with Crippen LogP contribution in [0, 0.1) is 5.92 Å². The van der Waals surface area contributed by atoms with Gasteiger partial charge in [-0.05, 0) is 31.7 Å². The van der Waals surface area contributed by atoms with Crippen molar-refractivity contribution in [1.82, 2.24) is 4.90 Å². The molecule has 72 valence electrons. The van der Waals surface area contributed by atoms with Crippen LogP contribution >= 0.6 is 0 Å². The smallest absolute Gasteiger partial charge is 0.0664 e. The minimum absolute atomic E-state index is 0.115. The summed E-state index contributed by atoms with van der Waals surface area (Å²) >= 11 is 0. The second-order valence-corrected chi connectivity index (χ2v) is 4.07. The zero-order chi connectivity index (χ0) is 8.97. The van der Waals surface area contributed by atoms with Gasteiger partial charge in [0.25, 0.3) is 0 Å². The van der Waals surface area contributed by atoms with Crippen molar-refractivity contribution >= 4 is 0 Å². The van der Waals surface area contributed by atoms with E-state index in [0.29, 0.717) is 0 Å². The highest BCUT2D eigenvalue weighted by Crippen LogP contribution is 2.15. The molecular weight excluding hydrogens is 150 g/mol. The number of likely N-dealkylation sites (tertiary alicyclic amines) is 1. The van der Waals surface area contributed by atoms with E-state index in [0.717, 1.165) is 18.9 Å². The molecule has 0 spiro atoms. The first-order chi connectivity index (χ1) is 5.72. The van der Waals surface area contributed by atoms with Crippen molar-refractivity contribution in [3.63, 3.8) is 0 Å². The van der Waals surface area contributed by atoms with Gasteiger partial charge in [-0.1, -0.05) is 13.8 Å². The van der Waals surface area contributed by atoms with Crippen LogP contribution in [0.15, 0.2) is 0 Å². The summed E-state index contributed by atoms with van der Waals surface area (Å²) in [6, 6.07) is 0. The maximum Gasteiger partial charge on any atom is 0.0664 e. The van der Waals surface area contributed by atoms with Gasteiger partial charge >= 0.3 is 0 Å². The Kier molecular flexibility index (Phi) is 4.02. The molecule has 1 fully saturated rings. The summed E-state index contributed by atoms with van der Waals surface area (Å²) < 4.78 is 0. The number of hydrogen-bond donors (Lipinski definition) is 1. The molecule has 2 atom stereocenters. The lowest BCUT2D eigenvalue weighted by Crippen LogP contribution is -2.39. The van der Waals surface area contributed by atoms with Gasteiger partial charge < -0.3 is 10.0 Å². The number of nitrogens with zero attached hydrogens (tertiary/aromatic N) is 1. The summed E-state index contributed by atoms with van der Waals surface area (Å²) in [7, 11) is 0. The monoisotopic (exact) mass is 171 g/mol. The molecule has 0 aromatic heterocycles. The molecule has 0 saturated carbocycles. The molecule has 1 heterocycles. The van der Waals surface area contributed by atoms with Gasteiger partial charge in [0.15, 0.2) is 0 Å². The van der Waals surface area contributed by atoms with Crippen molar-refractivity contribution in [3.05, 3.63) is 0 Å². The lowest BCUT2D eigenvalue weighted by Gasteiger charge is -2.31. The van der Waals surface area contributed by atoms with Gasteiger partial charge in [-0.3, -0.25) is 0 Å². The summed E-state index contributed by atoms with van der Waals surface area (Å²) in [5.41, 5.74) is 0. The molecule has 2 nitrogen and oxygen atoms in total. The first-order valence-corrected chi connectivity index (χ1v) is 5.12. The molecule has 0 aliphatic carbocycles. The molecule has 0 radical (unpaired) electrons. The number of rotatable bonds is 3. The van der Waals surface area contributed by atoms with E-state index in [-0.39, 0.29) is 6.10 Å². The van der Waals surface area contributed by atoms with Crippen LogP contribution in [0.25, 0.3) is 0 Å². The van der Waals surface area contributed by atoms with Gasteiger partial charge in [-0.15, -0.1) is 0 Å². The molecule has 1 N–H and O–H groups in total. The lowest BCUT2D eigenvalue weighted by molar-refractivity contribution is 0.0853. The van der Waals surface area contributed by atoms with E-state index in [9.17, 15) is 5.11 Å². The zero-order valence-corrected chi connectivity index (χ0v) is 8.29. The van der Waals surface area contributed by atoms with Crippen LogP contribution in [0.4, 0.5) is 0 Å². The van der Waals surface area contributed by atoms with Crippen LogP contribution in [0.1, 0.15) is 33.1 Å². The van der Waals surface area contributed by atoms with E-state index in [1.807, 2.05) is 6.92 Å². The molecule has 1 saturated heterocycles. The Labute approximate surface area is 75.6 Å². The highest BCUT2D eigenvalue weighted by atomic mass is 16.3. The third-order valence-electron chi connectivity index (χ3n) is 2.68. The molecule has 0 aromatic rings. The van der Waals surface area contributed by atoms with Crippen molar-refractivity contribution in [3.8, 4) is 0 Å². The van der Waals surface area contributed by atoms with Crippen molar-refractivity contribution in [2.24, 2.45) is 5.92 Å². The third kappa shape index (κ3) is 3.11. The Morgan fingerprint density at radius 1 is 1.58 bits per heavy atom. The molecule has 12 heavy (non-hydrogen) atoms. The first-order valence-electron chi connectivity index (χ1n) is 5.12. The van der Waals surface area contributed by atoms with Crippen LogP contribution < -0.4 is 0 Å². The Bertz CT molecular complexity index is 127. The van der Waals surface area contributed by atoms with Crippen LogP contribution in [0.3, 0.4) is 0 Å². The van der Waals surface area contributed by atoms with Gasteiger partial charge in [0.1, 0.15) is 0 Å². The summed E-state index contributed by atoms with van der Waals surface area (Å²) in [6.45, 7) is 7.57.